The Kier molecular flexibility index (Phi) is 3.33. The normalized spacial score (nSPS) is 12.6. The molecule has 0 aliphatic rings. The van der Waals surface area contributed by atoms with E-state index in [4.69, 9.17) is 0 Å². The summed E-state index contributed by atoms with van der Waals surface area (Å²) in [7, 11) is 0. The number of benzene rings is 1. The molecule has 0 saturated heterocycles. The van der Waals surface area contributed by atoms with E-state index < -0.39 is 0 Å². The highest BCUT2D eigenvalue weighted by molar-refractivity contribution is 5.58. The molecule has 88 valence electrons. The minimum absolute atomic E-state index is 0.160. The second-order valence-electron chi connectivity index (χ2n) is 6.47. The molecule has 0 heterocycles. The first-order valence-corrected chi connectivity index (χ1v) is 5.94. The smallest absolute Gasteiger partial charge is 0.0123 e. The van der Waals surface area contributed by atoms with E-state index in [-0.39, 0.29) is 10.8 Å². The first kappa shape index (κ1) is 13.0. The summed E-state index contributed by atoms with van der Waals surface area (Å²) < 4.78 is 0. The molecule has 16 heavy (non-hydrogen) atoms. The summed E-state index contributed by atoms with van der Waals surface area (Å²) in [6.07, 6.45) is 1.97. The number of hydrogen-bond acceptors (Lipinski definition) is 0. The lowest BCUT2D eigenvalue weighted by Crippen LogP contribution is -2.23. The van der Waals surface area contributed by atoms with E-state index in [2.05, 4.69) is 66.3 Å². The van der Waals surface area contributed by atoms with Crippen molar-refractivity contribution < 1.29 is 0 Å². The van der Waals surface area contributed by atoms with Crippen molar-refractivity contribution >= 4 is 6.08 Å². The number of rotatable bonds is 1. The Hall–Kier alpha value is -1.04. The molecule has 0 spiro atoms. The summed E-state index contributed by atoms with van der Waals surface area (Å²) in [5.41, 5.74) is 4.46. The summed E-state index contributed by atoms with van der Waals surface area (Å²) in [4.78, 5) is 0. The van der Waals surface area contributed by atoms with Gasteiger partial charge in [-0.2, -0.15) is 0 Å². The molecule has 0 radical (unpaired) electrons. The molecule has 0 saturated carbocycles. The predicted octanol–water partition coefficient (Wildman–Crippen LogP) is 4.92. The highest BCUT2D eigenvalue weighted by Gasteiger charge is 2.26. The van der Waals surface area contributed by atoms with Crippen LogP contribution < -0.4 is 0 Å². The van der Waals surface area contributed by atoms with Crippen molar-refractivity contribution in [3.8, 4) is 0 Å². The van der Waals surface area contributed by atoms with Gasteiger partial charge in [-0.1, -0.05) is 72.4 Å². The Bertz CT molecular complexity index is 383. The molecule has 0 amide bonds. The van der Waals surface area contributed by atoms with Crippen molar-refractivity contribution in [3.05, 3.63) is 41.5 Å². The third-order valence-electron chi connectivity index (χ3n) is 2.87. The first-order chi connectivity index (χ1) is 7.18. The van der Waals surface area contributed by atoms with E-state index in [1.165, 1.54) is 16.7 Å². The van der Waals surface area contributed by atoms with Gasteiger partial charge >= 0.3 is 0 Å². The fraction of sp³-hybridized carbons (Fsp3) is 0.500. The molecule has 0 fully saturated rings. The van der Waals surface area contributed by atoms with Gasteiger partial charge in [-0.15, -0.1) is 0 Å². The largest absolute Gasteiger partial charge is 0.0985 e. The lowest BCUT2D eigenvalue weighted by molar-refractivity contribution is 0.529. The van der Waals surface area contributed by atoms with Gasteiger partial charge in [0, 0.05) is 0 Å². The van der Waals surface area contributed by atoms with Crippen molar-refractivity contribution in [2.45, 2.75) is 52.4 Å². The average molecular weight is 216 g/mol. The van der Waals surface area contributed by atoms with Gasteiger partial charge in [0.1, 0.15) is 0 Å². The van der Waals surface area contributed by atoms with Gasteiger partial charge < -0.3 is 0 Å². The SMILES string of the molecule is C=Cc1cccc(C(C)(C)C)c1C(C)(C)C. The summed E-state index contributed by atoms with van der Waals surface area (Å²) in [6, 6.07) is 6.53. The van der Waals surface area contributed by atoms with E-state index >= 15 is 0 Å². The monoisotopic (exact) mass is 216 g/mol. The van der Waals surface area contributed by atoms with Crippen LogP contribution in [0.25, 0.3) is 6.08 Å². The number of hydrogen-bond donors (Lipinski definition) is 0. The molecule has 0 N–H and O–H groups in total. The van der Waals surface area contributed by atoms with Gasteiger partial charge in [0.05, 0.1) is 0 Å². The van der Waals surface area contributed by atoms with Crippen molar-refractivity contribution in [1.29, 1.82) is 0 Å². The van der Waals surface area contributed by atoms with Crippen LogP contribution >= 0.6 is 0 Å². The Morgan fingerprint density at radius 2 is 1.50 bits per heavy atom. The van der Waals surface area contributed by atoms with Gasteiger partial charge in [0.2, 0.25) is 0 Å². The second-order valence-corrected chi connectivity index (χ2v) is 6.47. The molecule has 0 heteroatoms. The molecule has 0 bridgehead atoms. The van der Waals surface area contributed by atoms with Crippen LogP contribution in [-0.2, 0) is 10.8 Å². The summed E-state index contributed by atoms with van der Waals surface area (Å²) >= 11 is 0. The van der Waals surface area contributed by atoms with Crippen LogP contribution in [0.2, 0.25) is 0 Å². The maximum Gasteiger partial charge on any atom is -0.0123 e. The molecule has 0 aliphatic heterocycles. The molecule has 0 aromatic heterocycles. The predicted molar refractivity (Wildman–Crippen MR) is 73.9 cm³/mol. The molecule has 1 aromatic carbocycles. The Morgan fingerprint density at radius 1 is 0.938 bits per heavy atom. The third-order valence-corrected chi connectivity index (χ3v) is 2.87. The highest BCUT2D eigenvalue weighted by atomic mass is 14.3. The van der Waals surface area contributed by atoms with E-state index in [9.17, 15) is 0 Å². The molecule has 1 aromatic rings. The third kappa shape index (κ3) is 2.55. The van der Waals surface area contributed by atoms with Gasteiger partial charge in [0.15, 0.2) is 0 Å². The van der Waals surface area contributed by atoms with Crippen LogP contribution in [0.15, 0.2) is 24.8 Å². The van der Waals surface area contributed by atoms with Crippen LogP contribution in [0.3, 0.4) is 0 Å². The fourth-order valence-corrected chi connectivity index (χ4v) is 2.20. The molecule has 1 rings (SSSR count). The minimum Gasteiger partial charge on any atom is -0.0985 e. The summed E-state index contributed by atoms with van der Waals surface area (Å²) in [5, 5.41) is 0. The zero-order chi connectivity index (χ0) is 12.6. The molecule has 0 atom stereocenters. The highest BCUT2D eigenvalue weighted by Crippen LogP contribution is 2.36. The van der Waals surface area contributed by atoms with Gasteiger partial charge in [0.25, 0.3) is 0 Å². The summed E-state index contributed by atoms with van der Waals surface area (Å²) in [6.45, 7) is 17.5. The Labute approximate surface area is 100 Å². The van der Waals surface area contributed by atoms with Crippen LogP contribution in [0, 0.1) is 0 Å². The quantitative estimate of drug-likeness (QED) is 0.624. The first-order valence-electron chi connectivity index (χ1n) is 5.94. The molecule has 0 aliphatic carbocycles. The molecule has 0 nitrogen and oxygen atoms in total. The minimum atomic E-state index is 0.160. The van der Waals surface area contributed by atoms with Crippen LogP contribution in [-0.4, -0.2) is 0 Å². The van der Waals surface area contributed by atoms with E-state index in [0.29, 0.717) is 0 Å². The van der Waals surface area contributed by atoms with E-state index in [0.717, 1.165) is 0 Å². The van der Waals surface area contributed by atoms with Crippen molar-refractivity contribution in [3.63, 3.8) is 0 Å². The standard InChI is InChI=1S/C16H24/c1-8-12-10-9-11-13(15(2,3)4)14(12)16(5,6)7/h8-11H,1H2,2-7H3. The molecule has 0 unspecified atom stereocenters. The second kappa shape index (κ2) is 4.08. The van der Waals surface area contributed by atoms with Crippen LogP contribution in [0.5, 0.6) is 0 Å². The fourth-order valence-electron chi connectivity index (χ4n) is 2.20. The molecular formula is C16H24. The van der Waals surface area contributed by atoms with E-state index in [1.54, 1.807) is 0 Å². The zero-order valence-electron chi connectivity index (χ0n) is 11.5. The lowest BCUT2D eigenvalue weighted by atomic mass is 9.73. The Balaban J connectivity index is 3.57. The van der Waals surface area contributed by atoms with Crippen molar-refractivity contribution in [2.24, 2.45) is 0 Å². The van der Waals surface area contributed by atoms with Gasteiger partial charge in [-0.05, 0) is 27.5 Å². The lowest BCUT2D eigenvalue weighted by Gasteiger charge is -2.31. The van der Waals surface area contributed by atoms with Crippen LogP contribution in [0.1, 0.15) is 58.2 Å². The van der Waals surface area contributed by atoms with Gasteiger partial charge in [-0.25, -0.2) is 0 Å². The van der Waals surface area contributed by atoms with E-state index in [1.807, 2.05) is 6.08 Å². The van der Waals surface area contributed by atoms with Crippen LogP contribution in [0.4, 0.5) is 0 Å². The maximum atomic E-state index is 3.93. The zero-order valence-corrected chi connectivity index (χ0v) is 11.5. The average Bonchev–Trinajstić information content (AvgIpc) is 2.13. The maximum absolute atomic E-state index is 3.93. The Morgan fingerprint density at radius 3 is 1.88 bits per heavy atom. The van der Waals surface area contributed by atoms with Gasteiger partial charge in [-0.3, -0.25) is 0 Å². The topological polar surface area (TPSA) is 0 Å². The van der Waals surface area contributed by atoms with Crippen molar-refractivity contribution in [2.75, 3.05) is 0 Å². The van der Waals surface area contributed by atoms with Crippen molar-refractivity contribution in [1.82, 2.24) is 0 Å². The summed E-state index contributed by atoms with van der Waals surface area (Å²) in [5.74, 6) is 0. The molecular weight excluding hydrogens is 192 g/mol.